The van der Waals surface area contributed by atoms with Crippen LogP contribution in [0.5, 0.6) is 0 Å². The van der Waals surface area contributed by atoms with E-state index in [9.17, 15) is 9.59 Å². The molecule has 3 nitrogen and oxygen atoms in total. The van der Waals surface area contributed by atoms with Gasteiger partial charge in [0.2, 0.25) is 16.0 Å². The third-order valence-corrected chi connectivity index (χ3v) is 3.64. The van der Waals surface area contributed by atoms with Crippen molar-refractivity contribution in [2.75, 3.05) is 0 Å². The summed E-state index contributed by atoms with van der Waals surface area (Å²) in [5, 5.41) is 0. The van der Waals surface area contributed by atoms with Gasteiger partial charge in [-0.1, -0.05) is 71.7 Å². The van der Waals surface area contributed by atoms with Crippen LogP contribution in [0, 0.1) is 0 Å². The van der Waals surface area contributed by atoms with Gasteiger partial charge < -0.3 is 5.73 Å². The molecule has 2 aromatic carbocycles. The molecule has 5 heteroatoms. The molecule has 0 spiro atoms. The number of ketones is 1. The highest BCUT2D eigenvalue weighted by molar-refractivity contribution is 6.59. The zero-order chi connectivity index (χ0) is 14.8. The van der Waals surface area contributed by atoms with Crippen LogP contribution in [0.2, 0.25) is 0 Å². The second-order valence-corrected chi connectivity index (χ2v) is 5.51. The van der Waals surface area contributed by atoms with Gasteiger partial charge >= 0.3 is 0 Å². The molecule has 2 aromatic rings. The van der Waals surface area contributed by atoms with E-state index in [1.165, 1.54) is 12.1 Å². The van der Waals surface area contributed by atoms with Crippen molar-refractivity contribution >= 4 is 34.9 Å². The van der Waals surface area contributed by atoms with E-state index in [4.69, 9.17) is 28.9 Å². The summed E-state index contributed by atoms with van der Waals surface area (Å²) in [4.78, 5) is 23.9. The fraction of sp³-hybridized carbons (Fsp3) is 0.0667. The van der Waals surface area contributed by atoms with Gasteiger partial charge in [0.05, 0.1) is 5.56 Å². The maximum absolute atomic E-state index is 12.5. The van der Waals surface area contributed by atoms with Crippen molar-refractivity contribution in [2.45, 2.75) is 4.33 Å². The molecular formula is C15H11Cl2NO2. The number of hydrogen-bond donors (Lipinski definition) is 1. The molecule has 0 bridgehead atoms. The predicted octanol–water partition coefficient (Wildman–Crippen LogP) is 3.30. The van der Waals surface area contributed by atoms with Crippen LogP contribution in [0.3, 0.4) is 0 Å². The van der Waals surface area contributed by atoms with E-state index in [1.807, 2.05) is 0 Å². The number of carbonyl (C=O) groups is 2. The van der Waals surface area contributed by atoms with Crippen LogP contribution in [-0.2, 0) is 4.33 Å². The van der Waals surface area contributed by atoms with Crippen LogP contribution in [0.25, 0.3) is 0 Å². The predicted molar refractivity (Wildman–Crippen MR) is 79.1 cm³/mol. The van der Waals surface area contributed by atoms with Gasteiger partial charge in [-0.05, 0) is 11.6 Å². The highest BCUT2D eigenvalue weighted by Gasteiger charge is 2.37. The third-order valence-electron chi connectivity index (χ3n) is 2.86. The van der Waals surface area contributed by atoms with Crippen molar-refractivity contribution in [1.82, 2.24) is 0 Å². The van der Waals surface area contributed by atoms with Gasteiger partial charge in [-0.3, -0.25) is 9.59 Å². The molecule has 0 aromatic heterocycles. The van der Waals surface area contributed by atoms with Gasteiger partial charge in [0, 0.05) is 5.56 Å². The van der Waals surface area contributed by atoms with E-state index in [1.54, 1.807) is 42.5 Å². The lowest BCUT2D eigenvalue weighted by Gasteiger charge is -2.19. The summed E-state index contributed by atoms with van der Waals surface area (Å²) < 4.78 is -1.77. The summed E-state index contributed by atoms with van der Waals surface area (Å²) in [6.45, 7) is 0. The lowest BCUT2D eigenvalue weighted by atomic mass is 9.97. The summed E-state index contributed by atoms with van der Waals surface area (Å²) in [5.74, 6) is -1.28. The first-order valence-electron chi connectivity index (χ1n) is 5.81. The Morgan fingerprint density at radius 3 is 1.90 bits per heavy atom. The minimum absolute atomic E-state index is 0.0964. The summed E-state index contributed by atoms with van der Waals surface area (Å²) in [5.41, 5.74) is 5.90. The Labute approximate surface area is 126 Å². The van der Waals surface area contributed by atoms with E-state index in [-0.39, 0.29) is 11.1 Å². The smallest absolute Gasteiger partial charge is 0.249 e. The van der Waals surface area contributed by atoms with E-state index < -0.39 is 16.0 Å². The Morgan fingerprint density at radius 1 is 0.850 bits per heavy atom. The number of hydrogen-bond acceptors (Lipinski definition) is 2. The average molecular weight is 308 g/mol. The second kappa shape index (κ2) is 5.65. The molecule has 0 aliphatic heterocycles. The Hall–Kier alpha value is -1.84. The number of rotatable bonds is 4. The second-order valence-electron chi connectivity index (χ2n) is 4.18. The molecule has 0 fully saturated rings. The zero-order valence-corrected chi connectivity index (χ0v) is 11.9. The number of halogens is 2. The number of carbonyl (C=O) groups excluding carboxylic acids is 2. The van der Waals surface area contributed by atoms with E-state index in [2.05, 4.69) is 0 Å². The van der Waals surface area contributed by atoms with Crippen LogP contribution in [0.4, 0.5) is 0 Å². The molecular weight excluding hydrogens is 297 g/mol. The number of Topliss-reactive ketones (excluding diaryl/α,β-unsaturated/α-hetero) is 1. The first-order chi connectivity index (χ1) is 9.44. The molecule has 102 valence electrons. The van der Waals surface area contributed by atoms with Gasteiger partial charge in [0.25, 0.3) is 0 Å². The summed E-state index contributed by atoms with van der Waals surface area (Å²) >= 11 is 12.4. The zero-order valence-electron chi connectivity index (χ0n) is 10.3. The Kier molecular flexibility index (Phi) is 4.12. The van der Waals surface area contributed by atoms with E-state index in [0.717, 1.165) is 0 Å². The fourth-order valence-electron chi connectivity index (χ4n) is 1.84. The maximum atomic E-state index is 12.5. The molecule has 0 atom stereocenters. The number of benzene rings is 2. The molecule has 0 unspecified atom stereocenters. The normalized spacial score (nSPS) is 11.1. The lowest BCUT2D eigenvalue weighted by Crippen LogP contribution is -2.27. The van der Waals surface area contributed by atoms with Crippen molar-refractivity contribution in [1.29, 1.82) is 0 Å². The van der Waals surface area contributed by atoms with Gasteiger partial charge in [0.15, 0.2) is 0 Å². The van der Waals surface area contributed by atoms with Gasteiger partial charge in [-0.15, -0.1) is 0 Å². The minimum atomic E-state index is -1.77. The van der Waals surface area contributed by atoms with Crippen LogP contribution < -0.4 is 5.73 Å². The van der Waals surface area contributed by atoms with E-state index in [0.29, 0.717) is 5.56 Å². The molecule has 0 aliphatic rings. The molecule has 0 radical (unpaired) electrons. The largest absolute Gasteiger partial charge is 0.366 e. The van der Waals surface area contributed by atoms with Crippen LogP contribution in [-0.4, -0.2) is 11.7 Å². The quantitative estimate of drug-likeness (QED) is 0.696. The summed E-state index contributed by atoms with van der Waals surface area (Å²) in [7, 11) is 0. The van der Waals surface area contributed by atoms with Gasteiger partial charge in [-0.2, -0.15) is 0 Å². The molecule has 2 rings (SSSR count). The Bertz CT molecular complexity index is 654. The Morgan fingerprint density at radius 2 is 1.35 bits per heavy atom. The van der Waals surface area contributed by atoms with Crippen molar-refractivity contribution < 1.29 is 9.59 Å². The lowest BCUT2D eigenvalue weighted by molar-refractivity contribution is 0.0950. The molecule has 2 N–H and O–H groups in total. The number of alkyl halides is 2. The summed E-state index contributed by atoms with van der Waals surface area (Å²) in [6.07, 6.45) is 0. The van der Waals surface area contributed by atoms with Crippen LogP contribution in [0.15, 0.2) is 54.6 Å². The molecule has 0 aliphatic carbocycles. The maximum Gasteiger partial charge on any atom is 0.249 e. The van der Waals surface area contributed by atoms with E-state index >= 15 is 0 Å². The van der Waals surface area contributed by atoms with Crippen molar-refractivity contribution in [3.8, 4) is 0 Å². The van der Waals surface area contributed by atoms with Crippen molar-refractivity contribution in [2.24, 2.45) is 5.73 Å². The fourth-order valence-corrected chi connectivity index (χ4v) is 2.30. The highest BCUT2D eigenvalue weighted by Crippen LogP contribution is 2.37. The van der Waals surface area contributed by atoms with Crippen molar-refractivity contribution in [3.63, 3.8) is 0 Å². The first kappa shape index (κ1) is 14.6. The third kappa shape index (κ3) is 2.69. The molecule has 0 saturated carbocycles. The topological polar surface area (TPSA) is 60.2 Å². The Balaban J connectivity index is 2.49. The van der Waals surface area contributed by atoms with Crippen LogP contribution >= 0.6 is 23.2 Å². The number of nitrogens with two attached hydrogens (primary N) is 1. The average Bonchev–Trinajstić information content (AvgIpc) is 2.47. The van der Waals surface area contributed by atoms with Gasteiger partial charge in [-0.25, -0.2) is 0 Å². The standard InChI is InChI=1S/C15H11Cl2NO2/c16-15(17,10-6-2-1-3-7-10)13(19)11-8-4-5-9-12(11)14(18)20/h1-9H,(H2,18,20). The first-order valence-corrected chi connectivity index (χ1v) is 6.57. The number of amides is 1. The highest BCUT2D eigenvalue weighted by atomic mass is 35.5. The molecule has 0 saturated heterocycles. The number of primary amides is 1. The molecule has 0 heterocycles. The minimum Gasteiger partial charge on any atom is -0.366 e. The van der Waals surface area contributed by atoms with Crippen molar-refractivity contribution in [3.05, 3.63) is 71.3 Å². The molecule has 1 amide bonds. The summed E-state index contributed by atoms with van der Waals surface area (Å²) in [6, 6.07) is 14.7. The monoisotopic (exact) mass is 307 g/mol. The molecule has 20 heavy (non-hydrogen) atoms. The SMILES string of the molecule is NC(=O)c1ccccc1C(=O)C(Cl)(Cl)c1ccccc1. The van der Waals surface area contributed by atoms with Crippen LogP contribution in [0.1, 0.15) is 26.3 Å². The van der Waals surface area contributed by atoms with Gasteiger partial charge in [0.1, 0.15) is 0 Å².